The van der Waals surface area contributed by atoms with Gasteiger partial charge in [-0.05, 0) is 36.6 Å². The Balaban J connectivity index is 2.27. The van der Waals surface area contributed by atoms with E-state index >= 15 is 0 Å². The lowest BCUT2D eigenvalue weighted by Gasteiger charge is -2.15. The van der Waals surface area contributed by atoms with Crippen LogP contribution in [-0.4, -0.2) is 0 Å². The SMILES string of the molecule is Cc1cccc(-c2cccc(NBr)c2-c2cccc(C)c2)c1. The monoisotopic (exact) mass is 351 g/mol. The molecule has 0 radical (unpaired) electrons. The van der Waals surface area contributed by atoms with E-state index in [2.05, 4.69) is 101 Å². The summed E-state index contributed by atoms with van der Waals surface area (Å²) in [6, 6.07) is 23.6. The third kappa shape index (κ3) is 2.93. The molecule has 1 nitrogen and oxygen atoms in total. The first-order valence-corrected chi connectivity index (χ1v) is 8.12. The van der Waals surface area contributed by atoms with Gasteiger partial charge in [-0.15, -0.1) is 0 Å². The summed E-state index contributed by atoms with van der Waals surface area (Å²) in [4.78, 5) is 0. The van der Waals surface area contributed by atoms with E-state index in [9.17, 15) is 0 Å². The van der Waals surface area contributed by atoms with Crippen LogP contribution in [0.15, 0.2) is 66.7 Å². The first-order valence-electron chi connectivity index (χ1n) is 7.33. The fourth-order valence-electron chi connectivity index (χ4n) is 2.80. The molecule has 3 rings (SSSR count). The van der Waals surface area contributed by atoms with Crippen molar-refractivity contribution >= 4 is 21.8 Å². The van der Waals surface area contributed by atoms with Crippen LogP contribution in [0.3, 0.4) is 0 Å². The van der Waals surface area contributed by atoms with Gasteiger partial charge in [-0.1, -0.05) is 71.8 Å². The molecule has 0 saturated heterocycles. The fourth-order valence-corrected chi connectivity index (χ4v) is 3.13. The molecule has 0 unspecified atom stereocenters. The van der Waals surface area contributed by atoms with Crippen molar-refractivity contribution in [3.05, 3.63) is 77.9 Å². The molecule has 22 heavy (non-hydrogen) atoms. The summed E-state index contributed by atoms with van der Waals surface area (Å²) >= 11 is 3.40. The average Bonchev–Trinajstić information content (AvgIpc) is 2.54. The summed E-state index contributed by atoms with van der Waals surface area (Å²) < 4.78 is 3.15. The van der Waals surface area contributed by atoms with Crippen LogP contribution in [0.5, 0.6) is 0 Å². The van der Waals surface area contributed by atoms with Crippen LogP contribution < -0.4 is 4.34 Å². The normalized spacial score (nSPS) is 10.5. The number of benzene rings is 3. The number of rotatable bonds is 3. The Labute approximate surface area is 140 Å². The molecule has 0 amide bonds. The summed E-state index contributed by atoms with van der Waals surface area (Å²) in [5, 5.41) is 0. The maximum atomic E-state index is 3.40. The molecule has 0 atom stereocenters. The Morgan fingerprint density at radius 2 is 1.32 bits per heavy atom. The van der Waals surface area contributed by atoms with Crippen LogP contribution in [0.1, 0.15) is 11.1 Å². The molecule has 2 heteroatoms. The quantitative estimate of drug-likeness (QED) is 0.541. The number of anilines is 1. The van der Waals surface area contributed by atoms with Gasteiger partial charge in [0.1, 0.15) is 0 Å². The molecule has 3 aromatic carbocycles. The molecule has 0 aliphatic carbocycles. The van der Waals surface area contributed by atoms with Crippen LogP contribution >= 0.6 is 16.1 Å². The molecule has 0 saturated carbocycles. The zero-order valence-corrected chi connectivity index (χ0v) is 14.3. The zero-order valence-electron chi connectivity index (χ0n) is 12.7. The molecule has 0 aliphatic rings. The van der Waals surface area contributed by atoms with Crippen molar-refractivity contribution in [2.45, 2.75) is 13.8 Å². The lowest BCUT2D eigenvalue weighted by Crippen LogP contribution is -1.91. The lowest BCUT2D eigenvalue weighted by atomic mass is 9.92. The molecule has 3 aromatic rings. The smallest absolute Gasteiger partial charge is 0.0525 e. The molecule has 0 bridgehead atoms. The number of halogens is 1. The first kappa shape index (κ1) is 14.9. The van der Waals surface area contributed by atoms with Gasteiger partial charge >= 0.3 is 0 Å². The van der Waals surface area contributed by atoms with Gasteiger partial charge in [-0.25, -0.2) is 0 Å². The van der Waals surface area contributed by atoms with E-state index in [1.165, 1.54) is 33.4 Å². The third-order valence-electron chi connectivity index (χ3n) is 3.80. The van der Waals surface area contributed by atoms with E-state index in [-0.39, 0.29) is 0 Å². The zero-order chi connectivity index (χ0) is 15.5. The van der Waals surface area contributed by atoms with Gasteiger partial charge in [-0.2, -0.15) is 0 Å². The summed E-state index contributed by atoms with van der Waals surface area (Å²) in [6.45, 7) is 4.25. The largest absolute Gasteiger partial charge is 0.322 e. The Morgan fingerprint density at radius 3 is 1.95 bits per heavy atom. The minimum Gasteiger partial charge on any atom is -0.322 e. The molecule has 1 N–H and O–H groups in total. The van der Waals surface area contributed by atoms with Crippen LogP contribution in [-0.2, 0) is 0 Å². The van der Waals surface area contributed by atoms with Crippen LogP contribution in [0.4, 0.5) is 5.69 Å². The van der Waals surface area contributed by atoms with Gasteiger partial charge < -0.3 is 4.34 Å². The Kier molecular flexibility index (Phi) is 4.30. The Bertz CT molecular complexity index is 808. The highest BCUT2D eigenvalue weighted by atomic mass is 79.9. The lowest BCUT2D eigenvalue weighted by molar-refractivity contribution is 1.45. The standard InChI is InChI=1S/C20H18BrN/c1-14-6-3-8-16(12-14)18-10-5-11-19(22-21)20(18)17-9-4-7-15(2)13-17/h3-13,22H,1-2H3. The minimum atomic E-state index is 1.07. The predicted molar refractivity (Wildman–Crippen MR) is 99.3 cm³/mol. The average molecular weight is 352 g/mol. The molecular formula is C20H18BrN. The second-order valence-corrected chi connectivity index (χ2v) is 5.96. The number of hydrogen-bond donors (Lipinski definition) is 1. The van der Waals surface area contributed by atoms with Crippen molar-refractivity contribution in [2.24, 2.45) is 0 Å². The summed E-state index contributed by atoms with van der Waals surface area (Å²) in [5.74, 6) is 0. The number of aryl methyl sites for hydroxylation is 2. The number of hydrogen-bond acceptors (Lipinski definition) is 1. The van der Waals surface area contributed by atoms with E-state index < -0.39 is 0 Å². The van der Waals surface area contributed by atoms with Crippen molar-refractivity contribution in [1.29, 1.82) is 0 Å². The van der Waals surface area contributed by atoms with Crippen molar-refractivity contribution in [1.82, 2.24) is 0 Å². The summed E-state index contributed by atoms with van der Waals surface area (Å²) in [5.41, 5.74) is 8.51. The van der Waals surface area contributed by atoms with Crippen molar-refractivity contribution in [2.75, 3.05) is 4.34 Å². The molecule has 0 spiro atoms. The Morgan fingerprint density at radius 1 is 0.727 bits per heavy atom. The second kappa shape index (κ2) is 6.37. The van der Waals surface area contributed by atoms with E-state index in [1.807, 2.05) is 0 Å². The van der Waals surface area contributed by atoms with Gasteiger partial charge in [0, 0.05) is 21.7 Å². The predicted octanol–water partition coefficient (Wildman–Crippen LogP) is 6.36. The number of nitrogens with one attached hydrogen (secondary N) is 1. The van der Waals surface area contributed by atoms with E-state index in [0.29, 0.717) is 0 Å². The molecular weight excluding hydrogens is 334 g/mol. The highest BCUT2D eigenvalue weighted by Gasteiger charge is 2.12. The van der Waals surface area contributed by atoms with Crippen molar-refractivity contribution < 1.29 is 0 Å². The highest BCUT2D eigenvalue weighted by Crippen LogP contribution is 2.38. The summed E-state index contributed by atoms with van der Waals surface area (Å²) in [6.07, 6.45) is 0. The Hall–Kier alpha value is -2.06. The van der Waals surface area contributed by atoms with Crippen molar-refractivity contribution in [3.8, 4) is 22.3 Å². The molecule has 0 aliphatic heterocycles. The third-order valence-corrected chi connectivity index (χ3v) is 4.23. The van der Waals surface area contributed by atoms with Crippen LogP contribution in [0, 0.1) is 13.8 Å². The topological polar surface area (TPSA) is 12.0 Å². The highest BCUT2D eigenvalue weighted by molar-refractivity contribution is 9.10. The van der Waals surface area contributed by atoms with Gasteiger partial charge in [0.15, 0.2) is 0 Å². The van der Waals surface area contributed by atoms with E-state index in [4.69, 9.17) is 0 Å². The van der Waals surface area contributed by atoms with Crippen LogP contribution in [0.25, 0.3) is 22.3 Å². The van der Waals surface area contributed by atoms with Gasteiger partial charge in [-0.3, -0.25) is 0 Å². The summed E-state index contributed by atoms with van der Waals surface area (Å²) in [7, 11) is 0. The molecule has 0 aromatic heterocycles. The van der Waals surface area contributed by atoms with Gasteiger partial charge in [0.2, 0.25) is 0 Å². The second-order valence-electron chi connectivity index (χ2n) is 5.56. The molecule has 110 valence electrons. The molecule has 0 fully saturated rings. The van der Waals surface area contributed by atoms with Gasteiger partial charge in [0.25, 0.3) is 0 Å². The van der Waals surface area contributed by atoms with E-state index in [0.717, 1.165) is 5.69 Å². The molecule has 0 heterocycles. The minimum absolute atomic E-state index is 1.07. The van der Waals surface area contributed by atoms with Gasteiger partial charge in [0.05, 0.1) is 5.69 Å². The van der Waals surface area contributed by atoms with E-state index in [1.54, 1.807) is 0 Å². The maximum absolute atomic E-state index is 3.40. The fraction of sp³-hybridized carbons (Fsp3) is 0.100. The van der Waals surface area contributed by atoms with Crippen molar-refractivity contribution in [3.63, 3.8) is 0 Å². The van der Waals surface area contributed by atoms with Crippen LogP contribution in [0.2, 0.25) is 0 Å². The first-order chi connectivity index (χ1) is 10.7. The maximum Gasteiger partial charge on any atom is 0.0525 e.